The van der Waals surface area contributed by atoms with Crippen LogP contribution in [0.1, 0.15) is 50.7 Å². The molecule has 0 heterocycles. The summed E-state index contributed by atoms with van der Waals surface area (Å²) >= 11 is 0. The highest BCUT2D eigenvalue weighted by atomic mass is 16.5. The number of hydrogen-bond acceptors (Lipinski definition) is 4. The lowest BCUT2D eigenvalue weighted by molar-refractivity contribution is -0.143. The quantitative estimate of drug-likeness (QED) is 0.550. The number of alkyl carbamates (subject to hydrolysis) is 1. The molecule has 0 fully saturated rings. The number of ether oxygens (including phenoxy) is 1. The Morgan fingerprint density at radius 1 is 1.00 bits per heavy atom. The van der Waals surface area contributed by atoms with Crippen molar-refractivity contribution in [3.05, 3.63) is 59.7 Å². The Bertz CT molecular complexity index is 954. The molecule has 7 nitrogen and oxygen atoms in total. The monoisotopic (exact) mass is 438 g/mol. The summed E-state index contributed by atoms with van der Waals surface area (Å²) in [7, 11) is 0. The fourth-order valence-corrected chi connectivity index (χ4v) is 4.20. The largest absolute Gasteiger partial charge is 0.480 e. The number of nitrogens with one attached hydrogen (secondary N) is 2. The van der Waals surface area contributed by atoms with Gasteiger partial charge in [-0.05, 0) is 42.0 Å². The van der Waals surface area contributed by atoms with Gasteiger partial charge in [0.25, 0.3) is 0 Å². The fourth-order valence-electron chi connectivity index (χ4n) is 4.20. The van der Waals surface area contributed by atoms with Gasteiger partial charge >= 0.3 is 12.1 Å². The van der Waals surface area contributed by atoms with Gasteiger partial charge in [-0.3, -0.25) is 9.59 Å². The second-order valence-corrected chi connectivity index (χ2v) is 8.20. The third-order valence-corrected chi connectivity index (χ3v) is 6.47. The lowest BCUT2D eigenvalue weighted by Crippen LogP contribution is -2.51. The van der Waals surface area contributed by atoms with Gasteiger partial charge in [0.05, 0.1) is 5.41 Å². The first-order valence-electron chi connectivity index (χ1n) is 11.0. The Morgan fingerprint density at radius 2 is 1.53 bits per heavy atom. The van der Waals surface area contributed by atoms with Crippen LogP contribution >= 0.6 is 0 Å². The van der Waals surface area contributed by atoms with E-state index in [1.165, 1.54) is 6.92 Å². The van der Waals surface area contributed by atoms with Gasteiger partial charge in [0.2, 0.25) is 5.91 Å². The van der Waals surface area contributed by atoms with E-state index in [4.69, 9.17) is 9.84 Å². The molecule has 0 bridgehead atoms. The van der Waals surface area contributed by atoms with Gasteiger partial charge in [0.15, 0.2) is 0 Å². The van der Waals surface area contributed by atoms with Crippen molar-refractivity contribution >= 4 is 18.0 Å². The number of fused-ring (bicyclic) bond motifs is 3. The molecule has 3 N–H and O–H groups in total. The number of carboxylic acid groups (broad SMARTS) is 1. The van der Waals surface area contributed by atoms with Gasteiger partial charge < -0.3 is 20.5 Å². The number of carbonyl (C=O) groups excluding carboxylic acids is 2. The summed E-state index contributed by atoms with van der Waals surface area (Å²) < 4.78 is 5.55. The van der Waals surface area contributed by atoms with Gasteiger partial charge in [-0.15, -0.1) is 0 Å². The number of aliphatic carboxylic acids is 1. The molecule has 3 rings (SSSR count). The summed E-state index contributed by atoms with van der Waals surface area (Å²) in [6, 6.07) is 15.2. The van der Waals surface area contributed by atoms with Crippen molar-refractivity contribution in [3.8, 4) is 11.1 Å². The summed E-state index contributed by atoms with van der Waals surface area (Å²) in [4.78, 5) is 36.3. The van der Waals surface area contributed by atoms with Crippen LogP contribution in [-0.2, 0) is 14.3 Å². The number of benzene rings is 2. The molecule has 32 heavy (non-hydrogen) atoms. The van der Waals surface area contributed by atoms with Crippen LogP contribution in [0.2, 0.25) is 0 Å². The third-order valence-electron chi connectivity index (χ3n) is 6.47. The van der Waals surface area contributed by atoms with Crippen molar-refractivity contribution in [2.24, 2.45) is 5.41 Å². The normalized spacial score (nSPS) is 13.6. The molecule has 2 aromatic rings. The number of carbonyl (C=O) groups is 3. The van der Waals surface area contributed by atoms with Crippen molar-refractivity contribution in [1.82, 2.24) is 10.6 Å². The highest BCUT2D eigenvalue weighted by Gasteiger charge is 2.37. The Hall–Kier alpha value is -3.35. The van der Waals surface area contributed by atoms with E-state index in [0.717, 1.165) is 22.3 Å². The fraction of sp³-hybridized carbons (Fsp3) is 0.400. The van der Waals surface area contributed by atoms with Gasteiger partial charge in [0.1, 0.15) is 12.6 Å². The molecule has 1 atom stereocenters. The first-order chi connectivity index (χ1) is 15.3. The summed E-state index contributed by atoms with van der Waals surface area (Å²) in [5.74, 6) is -1.55. The molecular weight excluding hydrogens is 408 g/mol. The molecule has 2 amide bonds. The minimum absolute atomic E-state index is 0.0463. The Labute approximate surface area is 188 Å². The second-order valence-electron chi connectivity index (χ2n) is 8.20. The van der Waals surface area contributed by atoms with Gasteiger partial charge in [0, 0.05) is 12.5 Å². The first kappa shape index (κ1) is 23.3. The van der Waals surface area contributed by atoms with Crippen LogP contribution in [0.3, 0.4) is 0 Å². The van der Waals surface area contributed by atoms with Gasteiger partial charge in [-0.2, -0.15) is 0 Å². The van der Waals surface area contributed by atoms with Crippen molar-refractivity contribution < 1.29 is 24.2 Å². The number of amides is 2. The van der Waals surface area contributed by atoms with E-state index in [1.807, 2.05) is 38.1 Å². The van der Waals surface area contributed by atoms with Crippen LogP contribution in [-0.4, -0.2) is 42.3 Å². The summed E-state index contributed by atoms with van der Waals surface area (Å²) in [6.07, 6.45) is 0.300. The number of hydrogen-bond donors (Lipinski definition) is 3. The Balaban J connectivity index is 1.63. The Kier molecular flexibility index (Phi) is 7.18. The lowest BCUT2D eigenvalue weighted by atomic mass is 9.81. The van der Waals surface area contributed by atoms with Crippen molar-refractivity contribution in [3.63, 3.8) is 0 Å². The summed E-state index contributed by atoms with van der Waals surface area (Å²) in [5.41, 5.74) is 3.64. The molecule has 0 radical (unpaired) electrons. The predicted molar refractivity (Wildman–Crippen MR) is 121 cm³/mol. The average molecular weight is 439 g/mol. The van der Waals surface area contributed by atoms with E-state index in [0.29, 0.717) is 12.8 Å². The first-order valence-corrected chi connectivity index (χ1v) is 11.0. The summed E-state index contributed by atoms with van der Waals surface area (Å²) in [5, 5.41) is 14.3. The number of rotatable bonds is 9. The molecule has 0 aromatic heterocycles. The van der Waals surface area contributed by atoms with E-state index in [1.54, 1.807) is 0 Å². The molecule has 7 heteroatoms. The maximum atomic E-state index is 12.7. The van der Waals surface area contributed by atoms with Crippen LogP contribution in [0.25, 0.3) is 11.1 Å². The van der Waals surface area contributed by atoms with Crippen molar-refractivity contribution in [1.29, 1.82) is 0 Å². The van der Waals surface area contributed by atoms with E-state index in [-0.39, 0.29) is 19.1 Å². The van der Waals surface area contributed by atoms with Crippen LogP contribution in [0.5, 0.6) is 0 Å². The van der Waals surface area contributed by atoms with Gasteiger partial charge in [-0.25, -0.2) is 4.79 Å². The molecule has 0 aliphatic heterocycles. The predicted octanol–water partition coefficient (Wildman–Crippen LogP) is 3.92. The lowest BCUT2D eigenvalue weighted by Gasteiger charge is -2.31. The third kappa shape index (κ3) is 4.61. The maximum Gasteiger partial charge on any atom is 0.407 e. The highest BCUT2D eigenvalue weighted by molar-refractivity contribution is 5.87. The summed E-state index contributed by atoms with van der Waals surface area (Å²) in [6.45, 7) is 5.35. The highest BCUT2D eigenvalue weighted by Crippen LogP contribution is 2.44. The zero-order valence-electron chi connectivity index (χ0n) is 18.7. The minimum atomic E-state index is -1.11. The second kappa shape index (κ2) is 9.85. The molecule has 0 saturated heterocycles. The molecule has 1 aliphatic carbocycles. The van der Waals surface area contributed by atoms with E-state index < -0.39 is 29.4 Å². The van der Waals surface area contributed by atoms with E-state index in [2.05, 4.69) is 34.9 Å². The van der Waals surface area contributed by atoms with Crippen LogP contribution in [0.15, 0.2) is 48.5 Å². The van der Waals surface area contributed by atoms with Crippen molar-refractivity contribution in [2.75, 3.05) is 13.2 Å². The topological polar surface area (TPSA) is 105 Å². The average Bonchev–Trinajstić information content (AvgIpc) is 3.12. The van der Waals surface area contributed by atoms with E-state index >= 15 is 0 Å². The van der Waals surface area contributed by atoms with Crippen LogP contribution in [0.4, 0.5) is 4.79 Å². The molecule has 0 unspecified atom stereocenters. The maximum absolute atomic E-state index is 12.7. The SMILES string of the molecule is CCC(CC)(CNC(=O)OCC1c2ccccc2-c2ccccc21)C(=O)N[C@H](C)C(=O)O. The van der Waals surface area contributed by atoms with Crippen molar-refractivity contribution in [2.45, 2.75) is 45.6 Å². The molecule has 1 aliphatic rings. The Morgan fingerprint density at radius 3 is 2.03 bits per heavy atom. The minimum Gasteiger partial charge on any atom is -0.480 e. The van der Waals surface area contributed by atoms with Crippen LogP contribution in [0, 0.1) is 5.41 Å². The van der Waals surface area contributed by atoms with E-state index in [9.17, 15) is 14.4 Å². The zero-order chi connectivity index (χ0) is 23.3. The molecule has 2 aromatic carbocycles. The molecular formula is C25H30N2O5. The number of carboxylic acids is 1. The molecule has 0 saturated carbocycles. The zero-order valence-corrected chi connectivity index (χ0v) is 18.7. The molecule has 170 valence electrons. The smallest absolute Gasteiger partial charge is 0.407 e. The standard InChI is InChI=1S/C25H30N2O5/c1-4-25(5-2,23(30)27-16(3)22(28)29)15-26-24(31)32-14-21-19-12-8-6-10-17(19)18-11-7-9-13-20(18)21/h6-13,16,21H,4-5,14-15H2,1-3H3,(H,26,31)(H,27,30)(H,28,29)/t16-/m1/s1. The van der Waals surface area contributed by atoms with Crippen LogP contribution < -0.4 is 10.6 Å². The molecule has 0 spiro atoms. The van der Waals surface area contributed by atoms with Gasteiger partial charge in [-0.1, -0.05) is 62.4 Å².